The molecule has 2 aliphatic carbocycles. The minimum Gasteiger partial charge on any atom is -0.291 e. The Labute approximate surface area is 85.1 Å². The van der Waals surface area contributed by atoms with Crippen molar-refractivity contribution in [3.05, 3.63) is 0 Å². The second-order valence-corrected chi connectivity index (χ2v) is 5.88. The van der Waals surface area contributed by atoms with Crippen LogP contribution in [0.15, 0.2) is 0 Å². The smallest absolute Gasteiger partial charge is 0.202 e. The third-order valence-electron chi connectivity index (χ3n) is 4.47. The van der Waals surface area contributed by atoms with Gasteiger partial charge in [0.1, 0.15) is 0 Å². The number of ketones is 2. The van der Waals surface area contributed by atoms with Gasteiger partial charge in [0.05, 0.1) is 0 Å². The molecule has 2 heteroatoms. The summed E-state index contributed by atoms with van der Waals surface area (Å²) in [6.45, 7) is 8.32. The lowest BCUT2D eigenvalue weighted by molar-refractivity contribution is -0.138. The van der Waals surface area contributed by atoms with Gasteiger partial charge in [-0.1, -0.05) is 27.7 Å². The van der Waals surface area contributed by atoms with Gasteiger partial charge in [0.15, 0.2) is 0 Å². The van der Waals surface area contributed by atoms with Crippen LogP contribution in [0.3, 0.4) is 0 Å². The van der Waals surface area contributed by atoms with Crippen molar-refractivity contribution in [2.45, 2.75) is 40.5 Å². The van der Waals surface area contributed by atoms with Crippen LogP contribution in [-0.2, 0) is 9.59 Å². The first-order valence-electron chi connectivity index (χ1n) is 5.38. The molecule has 0 heterocycles. The Balaban J connectivity index is 2.11. The molecule has 0 saturated heterocycles. The quantitative estimate of drug-likeness (QED) is 0.645. The lowest BCUT2D eigenvalue weighted by atomic mass is 10.0. The number of hydrogen-bond acceptors (Lipinski definition) is 2. The number of carbonyl (C=O) groups is 2. The molecule has 0 aromatic carbocycles. The van der Waals surface area contributed by atoms with Gasteiger partial charge >= 0.3 is 0 Å². The highest BCUT2D eigenvalue weighted by atomic mass is 16.2. The zero-order chi connectivity index (χ0) is 10.7. The first-order chi connectivity index (χ1) is 6.30. The molecular weight excluding hydrogens is 176 g/mol. The molecule has 2 aliphatic rings. The van der Waals surface area contributed by atoms with Crippen LogP contribution in [0, 0.1) is 22.7 Å². The van der Waals surface area contributed by atoms with E-state index in [1.807, 2.05) is 0 Å². The zero-order valence-corrected chi connectivity index (χ0v) is 9.39. The lowest BCUT2D eigenvalue weighted by Gasteiger charge is -2.03. The largest absolute Gasteiger partial charge is 0.291 e. The normalized spacial score (nSPS) is 28.6. The summed E-state index contributed by atoms with van der Waals surface area (Å²) in [5.74, 6) is -0.172. The van der Waals surface area contributed by atoms with E-state index in [1.54, 1.807) is 0 Å². The van der Waals surface area contributed by atoms with E-state index in [0.29, 0.717) is 0 Å². The van der Waals surface area contributed by atoms with Crippen LogP contribution in [0.2, 0.25) is 0 Å². The Morgan fingerprint density at radius 1 is 0.929 bits per heavy atom. The molecule has 0 N–H and O–H groups in total. The molecule has 2 saturated carbocycles. The number of hydrogen-bond donors (Lipinski definition) is 0. The molecule has 2 rings (SSSR count). The predicted molar refractivity (Wildman–Crippen MR) is 53.8 cm³/mol. The summed E-state index contributed by atoms with van der Waals surface area (Å²) >= 11 is 0. The van der Waals surface area contributed by atoms with Gasteiger partial charge in [-0.15, -0.1) is 0 Å². The van der Waals surface area contributed by atoms with Crippen molar-refractivity contribution in [3.8, 4) is 0 Å². The monoisotopic (exact) mass is 194 g/mol. The highest BCUT2D eigenvalue weighted by molar-refractivity contribution is 6.40. The van der Waals surface area contributed by atoms with E-state index < -0.39 is 0 Å². The molecule has 0 aliphatic heterocycles. The summed E-state index contributed by atoms with van der Waals surface area (Å²) in [5.41, 5.74) is 0.0171. The van der Waals surface area contributed by atoms with E-state index >= 15 is 0 Å². The van der Waals surface area contributed by atoms with E-state index in [-0.39, 0.29) is 34.2 Å². The molecule has 2 nitrogen and oxygen atoms in total. The third-order valence-corrected chi connectivity index (χ3v) is 4.47. The van der Waals surface area contributed by atoms with Crippen molar-refractivity contribution in [2.75, 3.05) is 0 Å². The van der Waals surface area contributed by atoms with Crippen LogP contribution >= 0.6 is 0 Å². The van der Waals surface area contributed by atoms with Crippen molar-refractivity contribution in [1.29, 1.82) is 0 Å². The summed E-state index contributed by atoms with van der Waals surface area (Å²) in [5, 5.41) is 0. The molecule has 2 fully saturated rings. The summed E-state index contributed by atoms with van der Waals surface area (Å²) in [4.78, 5) is 23.5. The van der Waals surface area contributed by atoms with Gasteiger partial charge in [-0.25, -0.2) is 0 Å². The Morgan fingerprint density at radius 3 is 1.64 bits per heavy atom. The molecule has 0 bridgehead atoms. The van der Waals surface area contributed by atoms with Crippen molar-refractivity contribution < 1.29 is 9.59 Å². The third kappa shape index (κ3) is 1.09. The summed E-state index contributed by atoms with van der Waals surface area (Å²) in [6.07, 6.45) is 1.86. The number of rotatable bonds is 3. The SMILES string of the molecule is CC1(C)C(C(=O)C(=O)C2CC2)C1(C)C. The second-order valence-electron chi connectivity index (χ2n) is 5.88. The Morgan fingerprint density at radius 2 is 1.36 bits per heavy atom. The first-order valence-corrected chi connectivity index (χ1v) is 5.38. The highest BCUT2D eigenvalue weighted by Crippen LogP contribution is 2.68. The van der Waals surface area contributed by atoms with Crippen molar-refractivity contribution in [3.63, 3.8) is 0 Å². The molecule has 0 radical (unpaired) electrons. The maximum atomic E-state index is 11.9. The average molecular weight is 194 g/mol. The zero-order valence-electron chi connectivity index (χ0n) is 9.39. The molecule has 0 aromatic rings. The molecule has 0 spiro atoms. The fraction of sp³-hybridized carbons (Fsp3) is 0.833. The van der Waals surface area contributed by atoms with Crippen LogP contribution in [-0.4, -0.2) is 11.6 Å². The van der Waals surface area contributed by atoms with Gasteiger partial charge < -0.3 is 0 Å². The van der Waals surface area contributed by atoms with Gasteiger partial charge in [0.2, 0.25) is 11.6 Å². The minimum atomic E-state index is -0.109. The van der Waals surface area contributed by atoms with Gasteiger partial charge in [-0.3, -0.25) is 9.59 Å². The number of Topliss-reactive ketones (excluding diaryl/α,β-unsaturated/α-hetero) is 2. The fourth-order valence-corrected chi connectivity index (χ4v) is 2.54. The summed E-state index contributed by atoms with van der Waals surface area (Å²) in [6, 6.07) is 0. The van der Waals surface area contributed by atoms with Crippen LogP contribution in [0.1, 0.15) is 40.5 Å². The first kappa shape index (κ1) is 9.88. The topological polar surface area (TPSA) is 34.1 Å². The van der Waals surface area contributed by atoms with Gasteiger partial charge in [0, 0.05) is 11.8 Å². The van der Waals surface area contributed by atoms with Gasteiger partial charge in [-0.2, -0.15) is 0 Å². The Bertz CT molecular complexity index is 294. The maximum Gasteiger partial charge on any atom is 0.202 e. The Kier molecular flexibility index (Phi) is 1.74. The maximum absolute atomic E-state index is 11.9. The van der Waals surface area contributed by atoms with Crippen LogP contribution < -0.4 is 0 Å². The van der Waals surface area contributed by atoms with E-state index in [9.17, 15) is 9.59 Å². The van der Waals surface area contributed by atoms with Crippen LogP contribution in [0.4, 0.5) is 0 Å². The van der Waals surface area contributed by atoms with E-state index in [4.69, 9.17) is 0 Å². The molecule has 0 amide bonds. The lowest BCUT2D eigenvalue weighted by Crippen LogP contribution is -2.20. The Hall–Kier alpha value is -0.660. The molecule has 14 heavy (non-hydrogen) atoms. The molecule has 0 aromatic heterocycles. The predicted octanol–water partition coefficient (Wildman–Crippen LogP) is 2.22. The molecule has 0 unspecified atom stereocenters. The van der Waals surface area contributed by atoms with E-state index in [2.05, 4.69) is 27.7 Å². The molecule has 78 valence electrons. The fourth-order valence-electron chi connectivity index (χ4n) is 2.54. The molecular formula is C12H18O2. The van der Waals surface area contributed by atoms with Crippen LogP contribution in [0.5, 0.6) is 0 Å². The van der Waals surface area contributed by atoms with Crippen molar-refractivity contribution >= 4 is 11.6 Å². The highest BCUT2D eigenvalue weighted by Gasteiger charge is 2.69. The van der Waals surface area contributed by atoms with E-state index in [0.717, 1.165) is 12.8 Å². The van der Waals surface area contributed by atoms with Gasteiger partial charge in [-0.05, 0) is 23.7 Å². The average Bonchev–Trinajstić information content (AvgIpc) is 2.89. The number of carbonyl (C=O) groups excluding carboxylic acids is 2. The van der Waals surface area contributed by atoms with Crippen LogP contribution in [0.25, 0.3) is 0 Å². The second kappa shape index (κ2) is 2.47. The summed E-state index contributed by atoms with van der Waals surface area (Å²) < 4.78 is 0. The molecule has 0 atom stereocenters. The standard InChI is InChI=1S/C12H18O2/c1-11(2)10(12(11,3)4)9(14)8(13)7-5-6-7/h7,10H,5-6H2,1-4H3. The van der Waals surface area contributed by atoms with Crippen molar-refractivity contribution in [2.24, 2.45) is 22.7 Å². The summed E-state index contributed by atoms with van der Waals surface area (Å²) in [7, 11) is 0. The van der Waals surface area contributed by atoms with E-state index in [1.165, 1.54) is 0 Å². The van der Waals surface area contributed by atoms with Crippen molar-refractivity contribution in [1.82, 2.24) is 0 Å². The van der Waals surface area contributed by atoms with Gasteiger partial charge in [0.25, 0.3) is 0 Å². The minimum absolute atomic E-state index is 0.00856.